The molecule has 0 bridgehead atoms. The molecule has 132 valence electrons. The number of aryl methyl sites for hydroxylation is 1. The van der Waals surface area contributed by atoms with Crippen molar-refractivity contribution in [1.82, 2.24) is 39.7 Å². The SMILES string of the molecule is C[C@H](Nc1nc(Cc2cn(C)cn2)c2cn[nH]c2n1)c1ncc(F)cn1. The highest BCUT2D eigenvalue weighted by Gasteiger charge is 2.15. The molecule has 0 radical (unpaired) electrons. The van der Waals surface area contributed by atoms with Gasteiger partial charge in [0.05, 0.1) is 47.7 Å². The number of rotatable bonds is 5. The van der Waals surface area contributed by atoms with E-state index < -0.39 is 5.82 Å². The molecule has 0 amide bonds. The number of fused-ring (bicyclic) bond motifs is 1. The first-order valence-electron chi connectivity index (χ1n) is 7.99. The van der Waals surface area contributed by atoms with Gasteiger partial charge in [-0.05, 0) is 6.92 Å². The molecule has 0 spiro atoms. The van der Waals surface area contributed by atoms with E-state index in [-0.39, 0.29) is 6.04 Å². The van der Waals surface area contributed by atoms with Gasteiger partial charge in [0.2, 0.25) is 5.95 Å². The van der Waals surface area contributed by atoms with Gasteiger partial charge >= 0.3 is 0 Å². The first-order chi connectivity index (χ1) is 12.6. The van der Waals surface area contributed by atoms with Crippen LogP contribution in [0.15, 0.2) is 31.1 Å². The molecule has 4 rings (SSSR count). The molecule has 26 heavy (non-hydrogen) atoms. The van der Waals surface area contributed by atoms with E-state index >= 15 is 0 Å². The van der Waals surface area contributed by atoms with E-state index in [0.717, 1.165) is 29.2 Å². The average Bonchev–Trinajstić information content (AvgIpc) is 3.24. The van der Waals surface area contributed by atoms with Crippen molar-refractivity contribution in [2.45, 2.75) is 19.4 Å². The number of hydrogen-bond donors (Lipinski definition) is 2. The second-order valence-corrected chi connectivity index (χ2v) is 5.96. The Labute approximate surface area is 147 Å². The van der Waals surface area contributed by atoms with Crippen molar-refractivity contribution < 1.29 is 4.39 Å². The molecule has 0 aromatic carbocycles. The lowest BCUT2D eigenvalue weighted by Crippen LogP contribution is -2.13. The van der Waals surface area contributed by atoms with Crippen LogP contribution in [0.3, 0.4) is 0 Å². The van der Waals surface area contributed by atoms with Crippen LogP contribution in [-0.2, 0) is 13.5 Å². The number of hydrogen-bond acceptors (Lipinski definition) is 7. The Hall–Kier alpha value is -3.43. The zero-order valence-electron chi connectivity index (χ0n) is 14.2. The summed E-state index contributed by atoms with van der Waals surface area (Å²) in [6.45, 7) is 1.85. The van der Waals surface area contributed by atoms with Crippen molar-refractivity contribution >= 4 is 17.0 Å². The summed E-state index contributed by atoms with van der Waals surface area (Å²) in [5.41, 5.74) is 2.33. The molecule has 4 aromatic rings. The number of imidazole rings is 1. The standard InChI is InChI=1S/C16H16FN9/c1-9(14-18-4-10(17)5-19-14)22-16-23-13(3-11-7-26(2)8-20-11)12-6-21-25-15(12)24-16/h4-9H,3H2,1-2H3,(H2,21,22,23,24,25)/t9-/m0/s1. The second kappa shape index (κ2) is 6.47. The quantitative estimate of drug-likeness (QED) is 0.563. The van der Waals surface area contributed by atoms with Crippen LogP contribution in [0, 0.1) is 5.82 Å². The van der Waals surface area contributed by atoms with Gasteiger partial charge in [-0.25, -0.2) is 24.3 Å². The number of aromatic amines is 1. The number of nitrogens with zero attached hydrogens (tertiary/aromatic N) is 7. The summed E-state index contributed by atoms with van der Waals surface area (Å²) < 4.78 is 14.9. The minimum absolute atomic E-state index is 0.293. The fraction of sp³-hybridized carbons (Fsp3) is 0.250. The maximum Gasteiger partial charge on any atom is 0.225 e. The molecule has 9 nitrogen and oxygen atoms in total. The highest BCUT2D eigenvalue weighted by molar-refractivity contribution is 5.78. The molecule has 0 aliphatic rings. The molecule has 10 heteroatoms. The van der Waals surface area contributed by atoms with Gasteiger partial charge < -0.3 is 9.88 Å². The van der Waals surface area contributed by atoms with Gasteiger partial charge in [0, 0.05) is 19.7 Å². The number of anilines is 1. The summed E-state index contributed by atoms with van der Waals surface area (Å²) in [5, 5.41) is 10.9. The molecule has 0 aliphatic heterocycles. The van der Waals surface area contributed by atoms with Crippen molar-refractivity contribution in [3.8, 4) is 0 Å². The monoisotopic (exact) mass is 353 g/mol. The summed E-state index contributed by atoms with van der Waals surface area (Å²) in [6, 6.07) is -0.293. The lowest BCUT2D eigenvalue weighted by atomic mass is 10.2. The first-order valence-corrected chi connectivity index (χ1v) is 7.99. The molecule has 0 saturated carbocycles. The number of nitrogens with one attached hydrogen (secondary N) is 2. The molecule has 4 aromatic heterocycles. The van der Waals surface area contributed by atoms with Crippen LogP contribution in [0.4, 0.5) is 10.3 Å². The molecule has 1 atom stereocenters. The van der Waals surface area contributed by atoms with Crippen LogP contribution >= 0.6 is 0 Å². The maximum atomic E-state index is 13.0. The number of aromatic nitrogens is 8. The lowest BCUT2D eigenvalue weighted by molar-refractivity contribution is 0.604. The average molecular weight is 353 g/mol. The van der Waals surface area contributed by atoms with Gasteiger partial charge in [0.15, 0.2) is 11.5 Å². The highest BCUT2D eigenvalue weighted by atomic mass is 19.1. The topological polar surface area (TPSA) is 110 Å². The normalized spacial score (nSPS) is 12.4. The van der Waals surface area contributed by atoms with Crippen LogP contribution in [0.25, 0.3) is 11.0 Å². The van der Waals surface area contributed by atoms with E-state index in [1.54, 1.807) is 12.5 Å². The smallest absolute Gasteiger partial charge is 0.225 e. The predicted molar refractivity (Wildman–Crippen MR) is 91.7 cm³/mol. The Balaban J connectivity index is 1.63. The van der Waals surface area contributed by atoms with Crippen LogP contribution < -0.4 is 5.32 Å². The zero-order valence-corrected chi connectivity index (χ0v) is 14.2. The van der Waals surface area contributed by atoms with Gasteiger partial charge in [-0.1, -0.05) is 0 Å². The fourth-order valence-electron chi connectivity index (χ4n) is 2.63. The molecule has 0 aliphatic carbocycles. The Morgan fingerprint density at radius 3 is 2.73 bits per heavy atom. The summed E-state index contributed by atoms with van der Waals surface area (Å²) in [7, 11) is 1.92. The molecule has 2 N–H and O–H groups in total. The van der Waals surface area contributed by atoms with E-state index in [1.165, 1.54) is 0 Å². The Kier molecular flexibility index (Phi) is 3.99. The van der Waals surface area contributed by atoms with Gasteiger partial charge in [0.25, 0.3) is 0 Å². The second-order valence-electron chi connectivity index (χ2n) is 5.96. The summed E-state index contributed by atoms with van der Waals surface area (Å²) in [5.74, 6) is 0.382. The van der Waals surface area contributed by atoms with Crippen molar-refractivity contribution in [2.24, 2.45) is 7.05 Å². The Morgan fingerprint density at radius 2 is 2.00 bits per heavy atom. The van der Waals surface area contributed by atoms with Crippen molar-refractivity contribution in [1.29, 1.82) is 0 Å². The van der Waals surface area contributed by atoms with Gasteiger partial charge in [-0.15, -0.1) is 0 Å². The third-order valence-corrected chi connectivity index (χ3v) is 3.87. The minimum Gasteiger partial charge on any atom is -0.344 e. The van der Waals surface area contributed by atoms with E-state index in [9.17, 15) is 4.39 Å². The molecule has 0 unspecified atom stereocenters. The number of halogens is 1. The van der Waals surface area contributed by atoms with Crippen LogP contribution in [0.5, 0.6) is 0 Å². The fourth-order valence-corrected chi connectivity index (χ4v) is 2.63. The Morgan fingerprint density at radius 1 is 1.19 bits per heavy atom. The zero-order chi connectivity index (χ0) is 18.1. The van der Waals surface area contributed by atoms with Crippen molar-refractivity contribution in [3.63, 3.8) is 0 Å². The van der Waals surface area contributed by atoms with Gasteiger partial charge in [0.1, 0.15) is 5.82 Å². The molecular formula is C16H16FN9. The minimum atomic E-state index is -0.478. The number of H-pyrrole nitrogens is 1. The van der Waals surface area contributed by atoms with E-state index in [4.69, 9.17) is 0 Å². The predicted octanol–water partition coefficient (Wildman–Crippen LogP) is 1.78. The molecule has 0 saturated heterocycles. The summed E-state index contributed by atoms with van der Waals surface area (Å²) in [6.07, 6.45) is 8.20. The third kappa shape index (κ3) is 3.21. The first kappa shape index (κ1) is 16.1. The Bertz CT molecular complexity index is 1040. The summed E-state index contributed by atoms with van der Waals surface area (Å²) >= 11 is 0. The van der Waals surface area contributed by atoms with E-state index in [1.807, 2.05) is 24.7 Å². The molecular weight excluding hydrogens is 337 g/mol. The largest absolute Gasteiger partial charge is 0.344 e. The third-order valence-electron chi connectivity index (χ3n) is 3.87. The van der Waals surface area contributed by atoms with Gasteiger partial charge in [-0.3, -0.25) is 5.10 Å². The van der Waals surface area contributed by atoms with E-state index in [0.29, 0.717) is 23.8 Å². The van der Waals surface area contributed by atoms with Crippen LogP contribution in [0.1, 0.15) is 30.2 Å². The van der Waals surface area contributed by atoms with Gasteiger partial charge in [-0.2, -0.15) is 10.1 Å². The van der Waals surface area contributed by atoms with Crippen molar-refractivity contribution in [2.75, 3.05) is 5.32 Å². The van der Waals surface area contributed by atoms with E-state index in [2.05, 4.69) is 40.4 Å². The summed E-state index contributed by atoms with van der Waals surface area (Å²) in [4.78, 5) is 21.3. The van der Waals surface area contributed by atoms with Crippen molar-refractivity contribution in [3.05, 3.63) is 54.1 Å². The highest BCUT2D eigenvalue weighted by Crippen LogP contribution is 2.20. The molecule has 4 heterocycles. The maximum absolute atomic E-state index is 13.0. The van der Waals surface area contributed by atoms with Crippen LogP contribution in [-0.4, -0.2) is 39.7 Å². The lowest BCUT2D eigenvalue weighted by Gasteiger charge is -2.13. The van der Waals surface area contributed by atoms with Crippen LogP contribution in [0.2, 0.25) is 0 Å². The molecule has 0 fully saturated rings.